The number of para-hydroxylation sites is 1. The second-order valence-electron chi connectivity index (χ2n) is 8.04. The Morgan fingerprint density at radius 1 is 1.10 bits per heavy atom. The summed E-state index contributed by atoms with van der Waals surface area (Å²) in [6.07, 6.45) is 4.98. The van der Waals surface area contributed by atoms with Crippen LogP contribution in [0.25, 0.3) is 22.1 Å². The van der Waals surface area contributed by atoms with Gasteiger partial charge in [0.25, 0.3) is 0 Å². The minimum absolute atomic E-state index is 0.407. The van der Waals surface area contributed by atoms with E-state index in [1.54, 1.807) is 6.07 Å². The van der Waals surface area contributed by atoms with Crippen molar-refractivity contribution in [3.63, 3.8) is 0 Å². The maximum Gasteiger partial charge on any atom is 0.417 e. The van der Waals surface area contributed by atoms with Gasteiger partial charge in [-0.2, -0.15) is 5.26 Å². The lowest BCUT2D eigenvalue weighted by Crippen LogP contribution is -2.46. The van der Waals surface area contributed by atoms with E-state index in [0.717, 1.165) is 74.2 Å². The number of aromatic nitrogens is 1. The van der Waals surface area contributed by atoms with Crippen LogP contribution in [0.3, 0.4) is 0 Å². The number of hydrogen-bond acceptors (Lipinski definition) is 6. The summed E-state index contributed by atoms with van der Waals surface area (Å²) in [6.45, 7) is 4.88. The average Bonchev–Trinajstić information content (AvgIpc) is 3.38. The number of nitriles is 1. The molecule has 0 unspecified atom stereocenters. The lowest BCUT2D eigenvalue weighted by molar-refractivity contribution is 0.253. The highest BCUT2D eigenvalue weighted by Gasteiger charge is 2.20. The van der Waals surface area contributed by atoms with Gasteiger partial charge < -0.3 is 13.7 Å². The van der Waals surface area contributed by atoms with Gasteiger partial charge in [0.1, 0.15) is 5.58 Å². The molecule has 7 nitrogen and oxygen atoms in total. The third kappa shape index (κ3) is 3.94. The van der Waals surface area contributed by atoms with Crippen LogP contribution in [-0.4, -0.2) is 42.6 Å². The van der Waals surface area contributed by atoms with Gasteiger partial charge in [-0.25, -0.2) is 4.79 Å². The molecule has 0 radical (unpaired) electrons. The first kappa shape index (κ1) is 19.5. The number of aryl methyl sites for hydroxylation is 1. The van der Waals surface area contributed by atoms with E-state index in [9.17, 15) is 4.79 Å². The van der Waals surface area contributed by atoms with Crippen LogP contribution in [0.4, 0.5) is 5.69 Å². The van der Waals surface area contributed by atoms with Crippen molar-refractivity contribution in [2.45, 2.75) is 19.3 Å². The zero-order valence-electron chi connectivity index (χ0n) is 17.3. The summed E-state index contributed by atoms with van der Waals surface area (Å²) in [6, 6.07) is 13.6. The van der Waals surface area contributed by atoms with Gasteiger partial charge in [0.15, 0.2) is 5.58 Å². The van der Waals surface area contributed by atoms with E-state index in [2.05, 4.69) is 20.9 Å². The quantitative estimate of drug-likeness (QED) is 0.480. The lowest BCUT2D eigenvalue weighted by atomic mass is 10.1. The van der Waals surface area contributed by atoms with Gasteiger partial charge in [0, 0.05) is 31.6 Å². The van der Waals surface area contributed by atoms with E-state index < -0.39 is 5.76 Å². The number of fused-ring (bicyclic) bond motifs is 2. The summed E-state index contributed by atoms with van der Waals surface area (Å²) in [7, 11) is 0. The predicted molar refractivity (Wildman–Crippen MR) is 119 cm³/mol. The van der Waals surface area contributed by atoms with Crippen LogP contribution in [0.1, 0.15) is 24.0 Å². The van der Waals surface area contributed by atoms with Gasteiger partial charge in [-0.3, -0.25) is 9.88 Å². The second-order valence-corrected chi connectivity index (χ2v) is 8.04. The summed E-state index contributed by atoms with van der Waals surface area (Å²) in [5.74, 6) is -0.407. The molecule has 3 heterocycles. The Labute approximate surface area is 179 Å². The van der Waals surface area contributed by atoms with Crippen LogP contribution < -0.4 is 10.7 Å². The summed E-state index contributed by atoms with van der Waals surface area (Å²) >= 11 is 0. The monoisotopic (exact) mass is 416 g/mol. The molecule has 1 saturated heterocycles. The van der Waals surface area contributed by atoms with Crippen molar-refractivity contribution in [2.24, 2.45) is 0 Å². The van der Waals surface area contributed by atoms with E-state index in [0.29, 0.717) is 11.1 Å². The molecule has 0 bridgehead atoms. The number of piperazine rings is 1. The first-order chi connectivity index (χ1) is 15.2. The highest BCUT2D eigenvalue weighted by Crippen LogP contribution is 2.26. The Kier molecular flexibility index (Phi) is 5.23. The van der Waals surface area contributed by atoms with Crippen molar-refractivity contribution in [3.05, 3.63) is 64.3 Å². The Bertz CT molecular complexity index is 1300. The molecule has 0 saturated carbocycles. The fourth-order valence-corrected chi connectivity index (χ4v) is 4.42. The van der Waals surface area contributed by atoms with Crippen LogP contribution in [-0.2, 0) is 6.42 Å². The van der Waals surface area contributed by atoms with Gasteiger partial charge in [-0.05, 0) is 61.7 Å². The van der Waals surface area contributed by atoms with E-state index in [1.165, 1.54) is 5.56 Å². The molecule has 4 aromatic rings. The van der Waals surface area contributed by atoms with Crippen molar-refractivity contribution >= 4 is 27.8 Å². The molecule has 1 aliphatic heterocycles. The molecule has 0 amide bonds. The van der Waals surface area contributed by atoms with Crippen molar-refractivity contribution in [2.75, 3.05) is 37.6 Å². The minimum Gasteiger partial charge on any atom is -0.464 e. The zero-order chi connectivity index (χ0) is 21.2. The Morgan fingerprint density at radius 2 is 1.97 bits per heavy atom. The second kappa shape index (κ2) is 8.32. The highest BCUT2D eigenvalue weighted by molar-refractivity contribution is 5.86. The molecule has 2 aromatic carbocycles. The topological polar surface area (TPSA) is 89.4 Å². The van der Waals surface area contributed by atoms with Gasteiger partial charge in [0.2, 0.25) is 0 Å². The van der Waals surface area contributed by atoms with Gasteiger partial charge in [-0.1, -0.05) is 6.07 Å². The zero-order valence-corrected chi connectivity index (χ0v) is 17.3. The van der Waals surface area contributed by atoms with Crippen LogP contribution in [0.5, 0.6) is 0 Å². The summed E-state index contributed by atoms with van der Waals surface area (Å²) in [5, 5.41) is 10.2. The number of hydrogen-bond donors (Lipinski definition) is 1. The van der Waals surface area contributed by atoms with Crippen LogP contribution in [0, 0.1) is 11.3 Å². The molecule has 0 aliphatic carbocycles. The van der Waals surface area contributed by atoms with E-state index in [1.807, 2.05) is 36.6 Å². The van der Waals surface area contributed by atoms with Crippen molar-refractivity contribution in [3.8, 4) is 6.07 Å². The molecule has 5 rings (SSSR count). The predicted octanol–water partition coefficient (Wildman–Crippen LogP) is 3.88. The molecule has 0 atom stereocenters. The third-order valence-corrected chi connectivity index (χ3v) is 6.09. The number of nitrogens with one attached hydrogen (secondary N) is 1. The number of aromatic amines is 1. The van der Waals surface area contributed by atoms with E-state index in [4.69, 9.17) is 14.1 Å². The molecular formula is C24H24N4O3. The number of furan rings is 1. The largest absolute Gasteiger partial charge is 0.464 e. The maximum absolute atomic E-state index is 11.5. The van der Waals surface area contributed by atoms with E-state index >= 15 is 0 Å². The van der Waals surface area contributed by atoms with E-state index in [-0.39, 0.29) is 0 Å². The molecule has 2 aromatic heterocycles. The van der Waals surface area contributed by atoms with Crippen LogP contribution in [0.2, 0.25) is 0 Å². The molecule has 31 heavy (non-hydrogen) atoms. The Morgan fingerprint density at radius 3 is 2.81 bits per heavy atom. The molecule has 158 valence electrons. The number of oxazole rings is 1. The molecule has 1 fully saturated rings. The normalized spacial score (nSPS) is 15.0. The fourth-order valence-electron chi connectivity index (χ4n) is 4.42. The molecule has 1 N–H and O–H groups in total. The van der Waals surface area contributed by atoms with Gasteiger partial charge in [-0.15, -0.1) is 0 Å². The number of benzene rings is 2. The lowest BCUT2D eigenvalue weighted by Gasteiger charge is -2.36. The number of nitrogens with zero attached hydrogens (tertiary/aromatic N) is 3. The fraction of sp³-hybridized carbons (Fsp3) is 0.333. The van der Waals surface area contributed by atoms with Crippen molar-refractivity contribution in [1.29, 1.82) is 5.26 Å². The van der Waals surface area contributed by atoms with Gasteiger partial charge in [0.05, 0.1) is 29.1 Å². The molecule has 1 aliphatic rings. The van der Waals surface area contributed by atoms with Crippen molar-refractivity contribution < 1.29 is 8.83 Å². The van der Waals surface area contributed by atoms with Crippen LogP contribution in [0.15, 0.2) is 56.3 Å². The van der Waals surface area contributed by atoms with Gasteiger partial charge >= 0.3 is 5.76 Å². The number of unbranched alkanes of at least 4 members (excludes halogenated alkanes) is 1. The van der Waals surface area contributed by atoms with Crippen LogP contribution >= 0.6 is 0 Å². The number of rotatable bonds is 6. The number of anilines is 1. The summed E-state index contributed by atoms with van der Waals surface area (Å²) in [5.41, 5.74) is 5.07. The highest BCUT2D eigenvalue weighted by atomic mass is 16.4. The number of H-pyrrole nitrogens is 1. The molecular weight excluding hydrogens is 392 g/mol. The molecule has 7 heteroatoms. The first-order valence-electron chi connectivity index (χ1n) is 10.7. The summed E-state index contributed by atoms with van der Waals surface area (Å²) in [4.78, 5) is 19.1. The average molecular weight is 416 g/mol. The SMILES string of the molecule is N#Cc1ccc2occ(CCCCN3CCN(c4cccc5[nH]c(=O)oc45)CC3)c2c1. The van der Waals surface area contributed by atoms with Crippen molar-refractivity contribution in [1.82, 2.24) is 9.88 Å². The Hall–Kier alpha value is -3.50. The maximum atomic E-state index is 11.5. The Balaban J connectivity index is 1.12. The first-order valence-corrected chi connectivity index (χ1v) is 10.7. The minimum atomic E-state index is -0.407. The third-order valence-electron chi connectivity index (χ3n) is 6.09. The standard InChI is InChI=1S/C24H24N4O3/c25-15-17-7-8-22-19(14-17)18(16-30-22)4-1-2-9-27-10-12-28(13-11-27)21-6-3-5-20-23(21)31-24(29)26-20/h3,5-8,14,16H,1-2,4,9-13H2,(H,26,29). The summed E-state index contributed by atoms with van der Waals surface area (Å²) < 4.78 is 11.0. The molecule has 0 spiro atoms. The smallest absolute Gasteiger partial charge is 0.417 e.